The Balaban J connectivity index is 1.33. The van der Waals surface area contributed by atoms with Crippen molar-refractivity contribution in [3.8, 4) is 0 Å². The maximum atomic E-state index is 13.7. The van der Waals surface area contributed by atoms with Crippen molar-refractivity contribution in [3.05, 3.63) is 77.1 Å². The monoisotopic (exact) mass is 471 g/mol. The molecule has 1 amide bonds. The first-order valence-electron chi connectivity index (χ1n) is 12.2. The van der Waals surface area contributed by atoms with E-state index in [4.69, 9.17) is 14.5 Å². The van der Waals surface area contributed by atoms with Crippen LogP contribution in [0.3, 0.4) is 0 Å². The molecule has 8 nitrogen and oxygen atoms in total. The molecule has 8 heteroatoms. The zero-order valence-electron chi connectivity index (χ0n) is 20.2. The van der Waals surface area contributed by atoms with E-state index in [9.17, 15) is 4.79 Å². The Bertz CT molecular complexity index is 1320. The summed E-state index contributed by atoms with van der Waals surface area (Å²) in [6.45, 7) is 8.23. The average Bonchev–Trinajstić information content (AvgIpc) is 3.53. The van der Waals surface area contributed by atoms with Crippen LogP contribution in [0.25, 0.3) is 5.76 Å². The Morgan fingerprint density at radius 1 is 1.29 bits per heavy atom. The second-order valence-corrected chi connectivity index (χ2v) is 9.80. The minimum Gasteiger partial charge on any atom is -0.492 e. The minimum atomic E-state index is -0.171. The summed E-state index contributed by atoms with van der Waals surface area (Å²) in [5.41, 5.74) is 5.30. The highest BCUT2D eigenvalue weighted by Crippen LogP contribution is 2.45. The number of ether oxygens (including phenoxy) is 2. The Morgan fingerprint density at radius 3 is 2.77 bits per heavy atom. The standard InChI is InChI=1S/C27H29N5O3/c1-4-35-17(2)23-11-21-22(25(29-23)18-8-9-18)13-32(26(21)33)20-7-5-6-19(10-20)27(14-34-15-27)12-24-30-28-16-31(24)3/h5-7,10-11,16,18H,2,4,8-9,12-15H2,1,3H3. The molecule has 0 atom stereocenters. The number of hydrogen-bond acceptors (Lipinski definition) is 6. The van der Waals surface area contributed by atoms with E-state index in [2.05, 4.69) is 28.9 Å². The summed E-state index contributed by atoms with van der Waals surface area (Å²) in [4.78, 5) is 20.4. The SMILES string of the molecule is C=C(OCC)c1cc2c(c(C3CC3)n1)CN(c1cccc(C3(Cc4nncn4C)COC3)c1)C2=O. The van der Waals surface area contributed by atoms with E-state index in [0.717, 1.165) is 47.6 Å². The van der Waals surface area contributed by atoms with Gasteiger partial charge in [-0.05, 0) is 43.5 Å². The van der Waals surface area contributed by atoms with Crippen LogP contribution in [0.5, 0.6) is 0 Å². The lowest BCUT2D eigenvalue weighted by Gasteiger charge is -2.42. The highest BCUT2D eigenvalue weighted by Gasteiger charge is 2.43. The van der Waals surface area contributed by atoms with Gasteiger partial charge in [0.25, 0.3) is 5.91 Å². The van der Waals surface area contributed by atoms with Crippen molar-refractivity contribution in [2.24, 2.45) is 7.05 Å². The van der Waals surface area contributed by atoms with Crippen LogP contribution in [-0.4, -0.2) is 45.5 Å². The number of nitrogens with zero attached hydrogens (tertiary/aromatic N) is 5. The minimum absolute atomic E-state index is 0.000732. The molecule has 0 radical (unpaired) electrons. The molecule has 3 aliphatic rings. The number of fused-ring (bicyclic) bond motifs is 1. The molecule has 6 rings (SSSR count). The molecule has 1 aromatic carbocycles. The van der Waals surface area contributed by atoms with Crippen molar-refractivity contribution in [2.45, 2.75) is 44.1 Å². The predicted molar refractivity (Wildman–Crippen MR) is 131 cm³/mol. The molecule has 1 saturated carbocycles. The lowest BCUT2D eigenvalue weighted by Crippen LogP contribution is -2.49. The zero-order chi connectivity index (χ0) is 24.2. The second-order valence-electron chi connectivity index (χ2n) is 9.80. The summed E-state index contributed by atoms with van der Waals surface area (Å²) >= 11 is 0. The summed E-state index contributed by atoms with van der Waals surface area (Å²) in [6.07, 6.45) is 4.68. The molecule has 4 heterocycles. The summed E-state index contributed by atoms with van der Waals surface area (Å²) < 4.78 is 13.2. The van der Waals surface area contributed by atoms with Gasteiger partial charge in [0.1, 0.15) is 23.6 Å². The third-order valence-corrected chi connectivity index (χ3v) is 7.34. The number of aryl methyl sites for hydroxylation is 1. The maximum Gasteiger partial charge on any atom is 0.259 e. The molecular formula is C27H29N5O3. The largest absolute Gasteiger partial charge is 0.492 e. The number of pyridine rings is 1. The molecule has 2 aromatic heterocycles. The molecule has 1 aliphatic carbocycles. The van der Waals surface area contributed by atoms with Crippen molar-refractivity contribution in [3.63, 3.8) is 0 Å². The molecule has 2 fully saturated rings. The number of carbonyl (C=O) groups is 1. The predicted octanol–water partition coefficient (Wildman–Crippen LogP) is 3.77. The van der Waals surface area contributed by atoms with E-state index in [1.807, 2.05) is 41.6 Å². The summed E-state index contributed by atoms with van der Waals surface area (Å²) in [6, 6.07) is 10.1. The van der Waals surface area contributed by atoms with Crippen LogP contribution in [0.15, 0.2) is 43.2 Å². The molecule has 3 aromatic rings. The average molecular weight is 472 g/mol. The molecule has 0 N–H and O–H groups in total. The molecule has 0 unspecified atom stereocenters. The van der Waals surface area contributed by atoms with Crippen molar-refractivity contribution in [1.29, 1.82) is 0 Å². The Kier molecular flexibility index (Phi) is 5.21. The number of hydrogen-bond donors (Lipinski definition) is 0. The Hall–Kier alpha value is -3.52. The highest BCUT2D eigenvalue weighted by atomic mass is 16.5. The van der Waals surface area contributed by atoms with Crippen molar-refractivity contribution in [1.82, 2.24) is 19.7 Å². The van der Waals surface area contributed by atoms with Gasteiger partial charge in [0.2, 0.25) is 0 Å². The van der Waals surface area contributed by atoms with Gasteiger partial charge in [-0.3, -0.25) is 4.79 Å². The van der Waals surface area contributed by atoms with Gasteiger partial charge in [-0.15, -0.1) is 10.2 Å². The number of carbonyl (C=O) groups excluding carboxylic acids is 1. The fourth-order valence-corrected chi connectivity index (χ4v) is 5.11. The highest BCUT2D eigenvalue weighted by molar-refractivity contribution is 6.10. The number of rotatable bonds is 8. The summed E-state index contributed by atoms with van der Waals surface area (Å²) in [5.74, 6) is 1.85. The Labute approximate surface area is 204 Å². The summed E-state index contributed by atoms with van der Waals surface area (Å²) in [5, 5.41) is 8.31. The number of amides is 1. The van der Waals surface area contributed by atoms with Crippen molar-refractivity contribution < 1.29 is 14.3 Å². The molecule has 2 aliphatic heterocycles. The van der Waals surface area contributed by atoms with Gasteiger partial charge in [0, 0.05) is 41.6 Å². The van der Waals surface area contributed by atoms with Crippen LogP contribution in [0.4, 0.5) is 5.69 Å². The van der Waals surface area contributed by atoms with Crippen LogP contribution < -0.4 is 4.90 Å². The van der Waals surface area contributed by atoms with E-state index >= 15 is 0 Å². The fraction of sp³-hybridized carbons (Fsp3) is 0.407. The van der Waals surface area contributed by atoms with Gasteiger partial charge in [0.15, 0.2) is 0 Å². The van der Waals surface area contributed by atoms with Gasteiger partial charge < -0.3 is 18.9 Å². The van der Waals surface area contributed by atoms with Gasteiger partial charge in [-0.1, -0.05) is 18.7 Å². The van der Waals surface area contributed by atoms with Crippen LogP contribution in [0.2, 0.25) is 0 Å². The fourth-order valence-electron chi connectivity index (χ4n) is 5.11. The Morgan fingerprint density at radius 2 is 2.11 bits per heavy atom. The van der Waals surface area contributed by atoms with E-state index in [1.165, 1.54) is 0 Å². The number of anilines is 1. The smallest absolute Gasteiger partial charge is 0.259 e. The van der Waals surface area contributed by atoms with E-state index < -0.39 is 0 Å². The van der Waals surface area contributed by atoms with E-state index in [0.29, 0.717) is 49.3 Å². The molecule has 180 valence electrons. The third-order valence-electron chi connectivity index (χ3n) is 7.34. The molecule has 1 saturated heterocycles. The first-order chi connectivity index (χ1) is 17.0. The number of benzene rings is 1. The van der Waals surface area contributed by atoms with Gasteiger partial charge in [-0.25, -0.2) is 4.98 Å². The van der Waals surface area contributed by atoms with Crippen LogP contribution in [0.1, 0.15) is 64.4 Å². The normalized spacial score (nSPS) is 18.3. The van der Waals surface area contributed by atoms with Gasteiger partial charge in [-0.2, -0.15) is 0 Å². The van der Waals surface area contributed by atoms with Crippen molar-refractivity contribution in [2.75, 3.05) is 24.7 Å². The van der Waals surface area contributed by atoms with Gasteiger partial charge in [0.05, 0.1) is 32.1 Å². The van der Waals surface area contributed by atoms with E-state index in [1.54, 1.807) is 6.33 Å². The molecular weight excluding hydrogens is 442 g/mol. The van der Waals surface area contributed by atoms with Gasteiger partial charge >= 0.3 is 0 Å². The molecule has 0 bridgehead atoms. The lowest BCUT2D eigenvalue weighted by molar-refractivity contribution is -0.0611. The third kappa shape index (κ3) is 3.72. The zero-order valence-corrected chi connectivity index (χ0v) is 20.2. The maximum absolute atomic E-state index is 13.7. The summed E-state index contributed by atoms with van der Waals surface area (Å²) in [7, 11) is 1.96. The molecule has 0 spiro atoms. The van der Waals surface area contributed by atoms with E-state index in [-0.39, 0.29) is 11.3 Å². The van der Waals surface area contributed by atoms with Crippen LogP contribution >= 0.6 is 0 Å². The quantitative estimate of drug-likeness (QED) is 0.465. The first kappa shape index (κ1) is 22.0. The van der Waals surface area contributed by atoms with Crippen LogP contribution in [0, 0.1) is 0 Å². The van der Waals surface area contributed by atoms with Crippen molar-refractivity contribution >= 4 is 17.4 Å². The second kappa shape index (κ2) is 8.30. The molecule has 35 heavy (non-hydrogen) atoms. The topological polar surface area (TPSA) is 82.4 Å². The number of aromatic nitrogens is 4. The first-order valence-corrected chi connectivity index (χ1v) is 12.2. The van der Waals surface area contributed by atoms with Crippen LogP contribution in [-0.2, 0) is 34.9 Å². The lowest BCUT2D eigenvalue weighted by atomic mass is 9.75.